The highest BCUT2D eigenvalue weighted by atomic mass is 16.1. The number of H-pyrrole nitrogens is 1. The van der Waals surface area contributed by atoms with Crippen LogP contribution >= 0.6 is 0 Å². The van der Waals surface area contributed by atoms with Crippen LogP contribution in [0.25, 0.3) is 16.6 Å². The van der Waals surface area contributed by atoms with Gasteiger partial charge in [-0.1, -0.05) is 18.6 Å². The molecule has 0 radical (unpaired) electrons. The molecule has 36 heavy (non-hydrogen) atoms. The number of carbonyl (C=O) groups is 2. The first kappa shape index (κ1) is 26.4. The molecule has 0 atom stereocenters. The first-order valence-corrected chi connectivity index (χ1v) is 11.9. The number of nitrogens with one attached hydrogen (secondary N) is 1. The minimum Gasteiger partial charge on any atom is -0.366 e. The number of nitrogens with zero attached hydrogens (tertiary/aromatic N) is 2. The van der Waals surface area contributed by atoms with Crippen LogP contribution in [0.4, 0.5) is 0 Å². The van der Waals surface area contributed by atoms with Crippen molar-refractivity contribution in [1.29, 1.82) is 0 Å². The molecule has 2 aromatic carbocycles. The molecule has 188 valence electrons. The minimum atomic E-state index is -0.480. The van der Waals surface area contributed by atoms with Crippen LogP contribution in [-0.2, 0) is 0 Å². The largest absolute Gasteiger partial charge is 0.366 e. The molecule has 5 rings (SSSR count). The van der Waals surface area contributed by atoms with E-state index in [0.29, 0.717) is 16.8 Å². The van der Waals surface area contributed by atoms with Crippen LogP contribution in [0.3, 0.4) is 0 Å². The lowest BCUT2D eigenvalue weighted by Gasteiger charge is -2.20. The normalized spacial score (nSPS) is 13.2. The maximum atomic E-state index is 11.5. The summed E-state index contributed by atoms with van der Waals surface area (Å²) in [4.78, 5) is 38.7. The lowest BCUT2D eigenvalue weighted by Crippen LogP contribution is -2.24. The predicted molar refractivity (Wildman–Crippen MR) is 143 cm³/mol. The Morgan fingerprint density at radius 2 is 1.50 bits per heavy atom. The molecule has 8 heteroatoms. The van der Waals surface area contributed by atoms with Crippen molar-refractivity contribution < 1.29 is 9.59 Å². The molecular weight excluding hydrogens is 454 g/mol. The van der Waals surface area contributed by atoms with Crippen LogP contribution in [0.1, 0.15) is 45.5 Å². The first-order valence-electron chi connectivity index (χ1n) is 11.9. The Morgan fingerprint density at radius 3 is 2.06 bits per heavy atom. The van der Waals surface area contributed by atoms with E-state index < -0.39 is 11.8 Å². The third-order valence-corrected chi connectivity index (χ3v) is 6.01. The third kappa shape index (κ3) is 7.16. The lowest BCUT2D eigenvalue weighted by molar-refractivity contribution is 0.0992. The first-order chi connectivity index (χ1) is 17.3. The second-order valence-corrected chi connectivity index (χ2v) is 8.78. The Morgan fingerprint density at radius 1 is 0.861 bits per heavy atom. The number of carbonyl (C=O) groups excluding carboxylic acids is 2. The van der Waals surface area contributed by atoms with E-state index in [1.807, 2.05) is 19.2 Å². The van der Waals surface area contributed by atoms with Gasteiger partial charge in [0.1, 0.15) is 0 Å². The Hall–Kier alpha value is -4.17. The van der Waals surface area contributed by atoms with Crippen molar-refractivity contribution >= 4 is 22.7 Å². The number of hydrogen-bond acceptors (Lipinski definition) is 4. The predicted octanol–water partition coefficient (Wildman–Crippen LogP) is 3.61. The number of rotatable bonds is 3. The fraction of sp³-hybridized carbons (Fsp3) is 0.250. The molecular formula is C28H33N5O3. The molecule has 1 aliphatic rings. The number of hydrogen-bond donors (Lipinski definition) is 3. The molecule has 0 spiro atoms. The van der Waals surface area contributed by atoms with Crippen molar-refractivity contribution in [3.8, 4) is 5.69 Å². The lowest BCUT2D eigenvalue weighted by atomic mass is 10.1. The molecule has 1 aliphatic heterocycles. The van der Waals surface area contributed by atoms with Gasteiger partial charge in [-0.3, -0.25) is 19.0 Å². The molecule has 0 saturated carbocycles. The van der Waals surface area contributed by atoms with E-state index in [-0.39, 0.29) is 5.56 Å². The highest BCUT2D eigenvalue weighted by Gasteiger charge is 2.04. The molecule has 4 aromatic rings. The fourth-order valence-corrected chi connectivity index (χ4v) is 3.90. The van der Waals surface area contributed by atoms with Gasteiger partial charge in [0.25, 0.3) is 5.56 Å². The van der Waals surface area contributed by atoms with Crippen molar-refractivity contribution in [2.45, 2.75) is 26.2 Å². The van der Waals surface area contributed by atoms with Gasteiger partial charge in [-0.2, -0.15) is 0 Å². The number of fused-ring (bicyclic) bond motifs is 1. The van der Waals surface area contributed by atoms with Crippen molar-refractivity contribution in [1.82, 2.24) is 14.5 Å². The second kappa shape index (κ2) is 12.5. The third-order valence-electron chi connectivity index (χ3n) is 6.01. The van der Waals surface area contributed by atoms with E-state index in [9.17, 15) is 14.4 Å². The number of aryl methyl sites for hydroxylation is 1. The van der Waals surface area contributed by atoms with Gasteiger partial charge in [-0.05, 0) is 87.9 Å². The Bertz CT molecular complexity index is 1370. The van der Waals surface area contributed by atoms with Crippen LogP contribution < -0.4 is 17.0 Å². The molecule has 2 aromatic heterocycles. The molecule has 0 unspecified atom stereocenters. The number of aromatic amines is 1. The molecule has 8 nitrogen and oxygen atoms in total. The summed E-state index contributed by atoms with van der Waals surface area (Å²) in [5.74, 6) is -0.874. The second-order valence-electron chi connectivity index (χ2n) is 8.78. The maximum absolute atomic E-state index is 11.5. The Kier molecular flexibility index (Phi) is 9.19. The number of nitrogens with two attached hydrogens (primary N) is 2. The van der Waals surface area contributed by atoms with Gasteiger partial charge in [0.05, 0.1) is 0 Å². The summed E-state index contributed by atoms with van der Waals surface area (Å²) in [6, 6.07) is 16.9. The zero-order chi connectivity index (χ0) is 26.1. The van der Waals surface area contributed by atoms with Crippen LogP contribution in [-0.4, -0.2) is 46.4 Å². The zero-order valence-corrected chi connectivity index (χ0v) is 20.7. The van der Waals surface area contributed by atoms with Gasteiger partial charge in [-0.15, -0.1) is 0 Å². The van der Waals surface area contributed by atoms with Gasteiger partial charge in [0, 0.05) is 46.2 Å². The Balaban J connectivity index is 0.000000162. The van der Waals surface area contributed by atoms with Crippen molar-refractivity contribution in [3.63, 3.8) is 0 Å². The molecule has 1 fully saturated rings. The van der Waals surface area contributed by atoms with Crippen LogP contribution in [0.2, 0.25) is 0 Å². The standard InChI is InChI=1S/C12H10N2O2.C10H10N2O.C6H13N/c13-12(16)9-4-6-10(7-5-9)14-8-2-1-3-11(14)15;1-6-5-12-9-4-7(10(11)13)2-3-8(6)9;1-7-5-3-2-4-6-7/h1-8H,(H2,13,16);2-5,12H,1H3,(H2,11,13);2-6H2,1H3. The summed E-state index contributed by atoms with van der Waals surface area (Å²) < 4.78 is 1.49. The van der Waals surface area contributed by atoms with E-state index in [1.54, 1.807) is 54.7 Å². The molecule has 2 amide bonds. The molecule has 3 heterocycles. The molecule has 5 N–H and O–H groups in total. The monoisotopic (exact) mass is 487 g/mol. The maximum Gasteiger partial charge on any atom is 0.255 e. The van der Waals surface area contributed by atoms with E-state index >= 15 is 0 Å². The van der Waals surface area contributed by atoms with Crippen molar-refractivity contribution in [2.75, 3.05) is 20.1 Å². The minimum absolute atomic E-state index is 0.116. The number of amides is 2. The quantitative estimate of drug-likeness (QED) is 0.408. The van der Waals surface area contributed by atoms with Gasteiger partial charge >= 0.3 is 0 Å². The van der Waals surface area contributed by atoms with Crippen molar-refractivity contribution in [2.24, 2.45) is 11.5 Å². The topological polar surface area (TPSA) is 127 Å². The van der Waals surface area contributed by atoms with Gasteiger partial charge in [-0.25, -0.2) is 0 Å². The number of pyridine rings is 1. The molecule has 0 bridgehead atoms. The highest BCUT2D eigenvalue weighted by molar-refractivity contribution is 5.97. The fourth-order valence-electron chi connectivity index (χ4n) is 3.90. The Labute approximate surface area is 210 Å². The number of primary amides is 2. The number of aromatic nitrogens is 2. The zero-order valence-electron chi connectivity index (χ0n) is 20.7. The van der Waals surface area contributed by atoms with Gasteiger partial charge < -0.3 is 21.4 Å². The SMILES string of the molecule is CN1CCCCC1.Cc1c[nH]c2cc(C(N)=O)ccc12.NC(=O)c1ccc(-n2ccccc2=O)cc1. The average molecular weight is 488 g/mol. The molecule has 0 aliphatic carbocycles. The summed E-state index contributed by atoms with van der Waals surface area (Å²) >= 11 is 0. The summed E-state index contributed by atoms with van der Waals surface area (Å²) in [7, 11) is 2.19. The summed E-state index contributed by atoms with van der Waals surface area (Å²) in [5.41, 5.74) is 14.0. The van der Waals surface area contributed by atoms with E-state index in [4.69, 9.17) is 11.5 Å². The van der Waals surface area contributed by atoms with E-state index in [0.717, 1.165) is 10.9 Å². The smallest absolute Gasteiger partial charge is 0.255 e. The van der Waals surface area contributed by atoms with E-state index in [2.05, 4.69) is 16.9 Å². The summed E-state index contributed by atoms with van der Waals surface area (Å²) in [6.07, 6.45) is 7.86. The summed E-state index contributed by atoms with van der Waals surface area (Å²) in [5, 5.41) is 1.13. The highest BCUT2D eigenvalue weighted by Crippen LogP contribution is 2.18. The van der Waals surface area contributed by atoms with Crippen LogP contribution in [0.5, 0.6) is 0 Å². The number of benzene rings is 2. The van der Waals surface area contributed by atoms with Crippen LogP contribution in [0.15, 0.2) is 77.9 Å². The van der Waals surface area contributed by atoms with Gasteiger partial charge in [0.2, 0.25) is 11.8 Å². The summed E-state index contributed by atoms with van der Waals surface area (Å²) in [6.45, 7) is 4.66. The number of likely N-dealkylation sites (tertiary alicyclic amines) is 1. The van der Waals surface area contributed by atoms with Crippen LogP contribution in [0, 0.1) is 6.92 Å². The average Bonchev–Trinajstić information content (AvgIpc) is 3.26. The van der Waals surface area contributed by atoms with Gasteiger partial charge in [0.15, 0.2) is 0 Å². The van der Waals surface area contributed by atoms with E-state index in [1.165, 1.54) is 48.5 Å². The molecule has 1 saturated heterocycles. The van der Waals surface area contributed by atoms with Crippen molar-refractivity contribution in [3.05, 3.63) is 100 Å². The number of piperidine rings is 1.